The van der Waals surface area contributed by atoms with E-state index in [9.17, 15) is 10.4 Å². The number of nitrogens with zero attached hydrogens (tertiary/aromatic N) is 4. The van der Waals surface area contributed by atoms with Gasteiger partial charge in [0.1, 0.15) is 21.8 Å². The molecule has 33 heavy (non-hydrogen) atoms. The summed E-state index contributed by atoms with van der Waals surface area (Å²) in [5, 5.41) is 38.8. The molecule has 0 amide bonds. The molecule has 2 aromatic carbocycles. The van der Waals surface area contributed by atoms with Gasteiger partial charge in [-0.2, -0.15) is 5.26 Å². The number of aliphatic hydroxyl groups is 2. The second-order valence-corrected chi connectivity index (χ2v) is 9.50. The van der Waals surface area contributed by atoms with Crippen LogP contribution in [0.2, 0.25) is 0 Å². The Morgan fingerprint density at radius 2 is 1.73 bits per heavy atom. The van der Waals surface area contributed by atoms with Crippen LogP contribution in [0.1, 0.15) is 30.5 Å². The van der Waals surface area contributed by atoms with Gasteiger partial charge >= 0.3 is 0 Å². The minimum atomic E-state index is -0.700. The number of nitriles is 1. The normalized spacial score (nSPS) is 15.0. The van der Waals surface area contributed by atoms with Crippen LogP contribution in [0.3, 0.4) is 0 Å². The molecule has 3 aromatic rings. The van der Waals surface area contributed by atoms with Crippen LogP contribution >= 0.6 is 11.3 Å². The molecule has 1 aliphatic heterocycles. The van der Waals surface area contributed by atoms with Crippen LogP contribution in [0.15, 0.2) is 36.4 Å². The number of hydrogen-bond acceptors (Lipinski definition) is 8. The van der Waals surface area contributed by atoms with Gasteiger partial charge in [0, 0.05) is 30.8 Å². The van der Waals surface area contributed by atoms with Crippen molar-refractivity contribution in [3.8, 4) is 33.0 Å². The number of benzene rings is 2. The van der Waals surface area contributed by atoms with Crippen LogP contribution in [0.4, 0.5) is 0 Å². The predicted octanol–water partition coefficient (Wildman–Crippen LogP) is 3.28. The first kappa shape index (κ1) is 23.3. The summed E-state index contributed by atoms with van der Waals surface area (Å²) in [5.41, 5.74) is 4.95. The lowest BCUT2D eigenvalue weighted by Crippen LogP contribution is -2.35. The van der Waals surface area contributed by atoms with E-state index in [2.05, 4.69) is 39.4 Å². The molecule has 1 atom stereocenters. The molecule has 7 nitrogen and oxygen atoms in total. The Kier molecular flexibility index (Phi) is 7.36. The maximum Gasteiger partial charge on any atom is 0.148 e. The molecule has 0 saturated heterocycles. The first-order valence-corrected chi connectivity index (χ1v) is 12.0. The van der Waals surface area contributed by atoms with Crippen molar-refractivity contribution >= 4 is 11.3 Å². The first-order valence-electron chi connectivity index (χ1n) is 11.1. The van der Waals surface area contributed by atoms with Gasteiger partial charge in [-0.3, -0.25) is 0 Å². The fourth-order valence-corrected chi connectivity index (χ4v) is 4.84. The van der Waals surface area contributed by atoms with E-state index in [1.807, 2.05) is 26.0 Å². The summed E-state index contributed by atoms with van der Waals surface area (Å²) in [6, 6.07) is 14.2. The highest BCUT2D eigenvalue weighted by Crippen LogP contribution is 2.33. The van der Waals surface area contributed by atoms with Gasteiger partial charge in [0.2, 0.25) is 0 Å². The number of aromatic nitrogens is 2. The molecule has 0 fully saturated rings. The number of rotatable bonds is 7. The Labute approximate surface area is 197 Å². The van der Waals surface area contributed by atoms with Crippen LogP contribution in [-0.4, -0.2) is 63.8 Å². The van der Waals surface area contributed by atoms with Crippen molar-refractivity contribution in [1.29, 1.82) is 5.26 Å². The molecule has 1 aliphatic rings. The van der Waals surface area contributed by atoms with Gasteiger partial charge < -0.3 is 19.8 Å². The van der Waals surface area contributed by atoms with Gasteiger partial charge in [0.15, 0.2) is 0 Å². The minimum Gasteiger partial charge on any atom is -0.490 e. The highest BCUT2D eigenvalue weighted by molar-refractivity contribution is 7.17. The van der Waals surface area contributed by atoms with Crippen molar-refractivity contribution in [2.75, 3.05) is 26.2 Å². The maximum atomic E-state index is 9.76. The summed E-state index contributed by atoms with van der Waals surface area (Å²) in [4.78, 5) is 2.20. The molecule has 2 heterocycles. The largest absolute Gasteiger partial charge is 0.490 e. The van der Waals surface area contributed by atoms with E-state index in [4.69, 9.17) is 9.84 Å². The van der Waals surface area contributed by atoms with Crippen molar-refractivity contribution in [2.45, 2.75) is 38.9 Å². The molecule has 0 spiro atoms. The van der Waals surface area contributed by atoms with Crippen molar-refractivity contribution < 1.29 is 14.9 Å². The summed E-state index contributed by atoms with van der Waals surface area (Å²) in [6.45, 7) is 5.85. The zero-order valence-electron chi connectivity index (χ0n) is 18.9. The van der Waals surface area contributed by atoms with E-state index >= 15 is 0 Å². The third kappa shape index (κ3) is 5.57. The van der Waals surface area contributed by atoms with E-state index < -0.39 is 6.10 Å². The zero-order valence-corrected chi connectivity index (χ0v) is 19.7. The van der Waals surface area contributed by atoms with Gasteiger partial charge in [-0.15, -0.1) is 10.2 Å². The van der Waals surface area contributed by atoms with Gasteiger partial charge in [0.05, 0.1) is 24.4 Å². The summed E-state index contributed by atoms with van der Waals surface area (Å²) in [5.74, 6) is 0.576. The summed E-state index contributed by atoms with van der Waals surface area (Å²) in [6.07, 6.45) is 1.09. The second-order valence-electron chi connectivity index (χ2n) is 8.52. The van der Waals surface area contributed by atoms with Crippen molar-refractivity contribution in [3.63, 3.8) is 0 Å². The molecule has 0 radical (unpaired) electrons. The first-order chi connectivity index (χ1) is 16.0. The molecule has 0 aliphatic carbocycles. The minimum absolute atomic E-state index is 0.00360. The number of hydrogen-bond donors (Lipinski definition) is 2. The van der Waals surface area contributed by atoms with Crippen LogP contribution in [0.25, 0.3) is 21.1 Å². The Balaban J connectivity index is 1.53. The van der Waals surface area contributed by atoms with Crippen LogP contribution < -0.4 is 4.74 Å². The Morgan fingerprint density at radius 1 is 1.06 bits per heavy atom. The molecule has 0 saturated carbocycles. The number of ether oxygens (including phenoxy) is 1. The molecule has 0 bridgehead atoms. The van der Waals surface area contributed by atoms with E-state index in [0.29, 0.717) is 17.9 Å². The lowest BCUT2D eigenvalue weighted by atomic mass is 10.0. The SMILES string of the molecule is CC(C)Oc1ccc(-c2nnc(-c3ccc4c(c3)CCN(C[C@@H](O)CO)CC4)s2)cc1C#N. The third-order valence-electron chi connectivity index (χ3n) is 5.66. The van der Waals surface area contributed by atoms with E-state index in [-0.39, 0.29) is 12.7 Å². The average Bonchev–Trinajstić information content (AvgIpc) is 3.22. The molecular formula is C25H28N4O3S. The van der Waals surface area contributed by atoms with Gasteiger partial charge in [-0.05, 0) is 62.1 Å². The molecule has 8 heteroatoms. The topological polar surface area (TPSA) is 102 Å². The fourth-order valence-electron chi connectivity index (χ4n) is 4.01. The van der Waals surface area contributed by atoms with E-state index in [1.165, 1.54) is 22.5 Å². The molecule has 172 valence electrons. The lowest BCUT2D eigenvalue weighted by molar-refractivity contribution is 0.0605. The molecule has 0 unspecified atom stereocenters. The van der Waals surface area contributed by atoms with Gasteiger partial charge in [-0.25, -0.2) is 0 Å². The van der Waals surface area contributed by atoms with Crippen molar-refractivity contribution in [1.82, 2.24) is 15.1 Å². The summed E-state index contributed by atoms with van der Waals surface area (Å²) >= 11 is 1.50. The van der Waals surface area contributed by atoms with E-state index in [1.54, 1.807) is 6.07 Å². The fraction of sp³-hybridized carbons (Fsp3) is 0.400. The smallest absolute Gasteiger partial charge is 0.148 e. The standard InChI is InChI=1S/C25H28N4O3S/c1-16(2)32-23-6-5-20(12-21(23)13-26)25-28-27-24(33-25)19-4-3-17-7-9-29(14-22(31)15-30)10-8-18(17)11-19/h3-6,11-12,16,22,30-31H,7-10,14-15H2,1-2H3/t22-/m1/s1. The Hall–Kier alpha value is -2.83. The van der Waals surface area contributed by atoms with Crippen LogP contribution in [0, 0.1) is 11.3 Å². The number of fused-ring (bicyclic) bond motifs is 1. The zero-order chi connectivity index (χ0) is 23.4. The summed E-state index contributed by atoms with van der Waals surface area (Å²) < 4.78 is 5.71. The summed E-state index contributed by atoms with van der Waals surface area (Å²) in [7, 11) is 0. The monoisotopic (exact) mass is 464 g/mol. The molecule has 1 aromatic heterocycles. The maximum absolute atomic E-state index is 9.76. The second kappa shape index (κ2) is 10.4. The predicted molar refractivity (Wildman–Crippen MR) is 128 cm³/mol. The Morgan fingerprint density at radius 3 is 2.39 bits per heavy atom. The highest BCUT2D eigenvalue weighted by Gasteiger charge is 2.18. The highest BCUT2D eigenvalue weighted by atomic mass is 32.1. The van der Waals surface area contributed by atoms with Crippen molar-refractivity contribution in [3.05, 3.63) is 53.1 Å². The van der Waals surface area contributed by atoms with Crippen LogP contribution in [0.5, 0.6) is 5.75 Å². The Bertz CT molecular complexity index is 1150. The number of β-amino-alcohol motifs (C(OH)–C–C–N with tert-alkyl or cyclic N) is 1. The van der Waals surface area contributed by atoms with Crippen molar-refractivity contribution in [2.24, 2.45) is 0 Å². The molecule has 4 rings (SSSR count). The van der Waals surface area contributed by atoms with Crippen LogP contribution in [-0.2, 0) is 12.8 Å². The van der Waals surface area contributed by atoms with Gasteiger partial charge in [0.25, 0.3) is 0 Å². The van der Waals surface area contributed by atoms with Gasteiger partial charge in [-0.1, -0.05) is 23.5 Å². The molecule has 2 N–H and O–H groups in total. The third-order valence-corrected chi connectivity index (χ3v) is 6.68. The average molecular weight is 465 g/mol. The lowest BCUT2D eigenvalue weighted by Gasteiger charge is -2.21. The number of aliphatic hydroxyl groups excluding tert-OH is 2. The molecular weight excluding hydrogens is 436 g/mol. The van der Waals surface area contributed by atoms with E-state index in [0.717, 1.165) is 47.1 Å². The quantitative estimate of drug-likeness (QED) is 0.553.